The minimum Gasteiger partial charge on any atom is -0.361 e. The number of aryl methyl sites for hydroxylation is 1. The third kappa shape index (κ3) is 3.15. The van der Waals surface area contributed by atoms with Gasteiger partial charge in [-0.25, -0.2) is 0 Å². The first-order chi connectivity index (χ1) is 10.6. The molecule has 1 aromatic heterocycles. The summed E-state index contributed by atoms with van der Waals surface area (Å²) >= 11 is 5.82. The lowest BCUT2D eigenvalue weighted by Gasteiger charge is -2.05. The zero-order chi connectivity index (χ0) is 15.5. The van der Waals surface area contributed by atoms with Gasteiger partial charge in [0.05, 0.1) is 0 Å². The molecular formula is C18H17ClN2O. The summed E-state index contributed by atoms with van der Waals surface area (Å²) in [4.78, 5) is 15.3. The van der Waals surface area contributed by atoms with Crippen LogP contribution in [-0.4, -0.2) is 17.4 Å². The van der Waals surface area contributed by atoms with Crippen LogP contribution in [0.5, 0.6) is 0 Å². The molecule has 3 aromatic rings. The van der Waals surface area contributed by atoms with Gasteiger partial charge in [-0.15, -0.1) is 0 Å². The van der Waals surface area contributed by atoms with Crippen LogP contribution in [0.2, 0.25) is 5.02 Å². The number of benzene rings is 2. The van der Waals surface area contributed by atoms with E-state index < -0.39 is 0 Å². The molecule has 0 spiro atoms. The molecule has 1 amide bonds. The average Bonchev–Trinajstić information content (AvgIpc) is 2.90. The first-order valence-electron chi connectivity index (χ1n) is 7.24. The predicted octanol–water partition coefficient (Wildman–Crippen LogP) is 4.10. The van der Waals surface area contributed by atoms with Crippen LogP contribution in [-0.2, 0) is 6.42 Å². The standard InChI is InChI=1S/C18H17ClN2O/c1-12-2-7-17-16(10-12)14(11-21-17)8-9-20-18(22)13-3-5-15(19)6-4-13/h2-7,10-11,21H,8-9H2,1H3,(H,20,22). The van der Waals surface area contributed by atoms with E-state index in [9.17, 15) is 4.79 Å². The van der Waals surface area contributed by atoms with Crippen molar-refractivity contribution in [2.75, 3.05) is 6.54 Å². The van der Waals surface area contributed by atoms with Crippen LogP contribution >= 0.6 is 11.6 Å². The van der Waals surface area contributed by atoms with Crippen LogP contribution in [0, 0.1) is 6.92 Å². The summed E-state index contributed by atoms with van der Waals surface area (Å²) in [6.45, 7) is 2.68. The van der Waals surface area contributed by atoms with E-state index in [1.165, 1.54) is 16.5 Å². The number of hydrogen-bond acceptors (Lipinski definition) is 1. The van der Waals surface area contributed by atoms with Crippen molar-refractivity contribution in [2.24, 2.45) is 0 Å². The Morgan fingerprint density at radius 2 is 1.95 bits per heavy atom. The lowest BCUT2D eigenvalue weighted by molar-refractivity contribution is 0.0954. The second-order valence-corrected chi connectivity index (χ2v) is 5.81. The van der Waals surface area contributed by atoms with Crippen molar-refractivity contribution in [3.05, 3.63) is 70.4 Å². The Labute approximate surface area is 134 Å². The van der Waals surface area contributed by atoms with Crippen LogP contribution in [0.1, 0.15) is 21.5 Å². The van der Waals surface area contributed by atoms with Gasteiger partial charge in [-0.05, 0) is 55.3 Å². The average molecular weight is 313 g/mol. The molecule has 0 bridgehead atoms. The summed E-state index contributed by atoms with van der Waals surface area (Å²) in [6.07, 6.45) is 2.81. The highest BCUT2D eigenvalue weighted by molar-refractivity contribution is 6.30. The van der Waals surface area contributed by atoms with Crippen molar-refractivity contribution in [1.29, 1.82) is 0 Å². The lowest BCUT2D eigenvalue weighted by atomic mass is 10.1. The van der Waals surface area contributed by atoms with Crippen LogP contribution < -0.4 is 5.32 Å². The molecule has 0 aliphatic carbocycles. The third-order valence-electron chi connectivity index (χ3n) is 3.71. The molecule has 2 aromatic carbocycles. The molecule has 1 heterocycles. The Morgan fingerprint density at radius 1 is 1.18 bits per heavy atom. The Balaban J connectivity index is 1.63. The van der Waals surface area contributed by atoms with Crippen molar-refractivity contribution in [2.45, 2.75) is 13.3 Å². The van der Waals surface area contributed by atoms with E-state index in [1.54, 1.807) is 24.3 Å². The maximum Gasteiger partial charge on any atom is 0.251 e. The molecule has 0 saturated heterocycles. The van der Waals surface area contributed by atoms with Gasteiger partial charge in [0.25, 0.3) is 5.91 Å². The quantitative estimate of drug-likeness (QED) is 0.748. The highest BCUT2D eigenvalue weighted by Crippen LogP contribution is 2.19. The molecule has 0 aliphatic heterocycles. The normalized spacial score (nSPS) is 10.8. The number of halogens is 1. The Hall–Kier alpha value is -2.26. The first-order valence-corrected chi connectivity index (χ1v) is 7.61. The highest BCUT2D eigenvalue weighted by atomic mass is 35.5. The van der Waals surface area contributed by atoms with Gasteiger partial charge in [0, 0.05) is 34.2 Å². The number of carbonyl (C=O) groups excluding carboxylic acids is 1. The SMILES string of the molecule is Cc1ccc2[nH]cc(CCNC(=O)c3ccc(Cl)cc3)c2c1. The van der Waals surface area contributed by atoms with Gasteiger partial charge in [-0.3, -0.25) is 4.79 Å². The topological polar surface area (TPSA) is 44.9 Å². The van der Waals surface area contributed by atoms with E-state index in [1.807, 2.05) is 6.20 Å². The molecule has 0 atom stereocenters. The number of carbonyl (C=O) groups is 1. The fourth-order valence-electron chi connectivity index (χ4n) is 2.51. The van der Waals surface area contributed by atoms with Gasteiger partial charge < -0.3 is 10.3 Å². The summed E-state index contributed by atoms with van der Waals surface area (Å²) < 4.78 is 0. The van der Waals surface area contributed by atoms with E-state index >= 15 is 0 Å². The fourth-order valence-corrected chi connectivity index (χ4v) is 2.64. The van der Waals surface area contributed by atoms with Crippen molar-refractivity contribution >= 4 is 28.4 Å². The van der Waals surface area contributed by atoms with Crippen LogP contribution in [0.4, 0.5) is 0 Å². The molecule has 0 unspecified atom stereocenters. The zero-order valence-corrected chi connectivity index (χ0v) is 13.1. The van der Waals surface area contributed by atoms with E-state index in [4.69, 9.17) is 11.6 Å². The van der Waals surface area contributed by atoms with E-state index in [2.05, 4.69) is 35.4 Å². The van der Waals surface area contributed by atoms with E-state index in [0.29, 0.717) is 17.1 Å². The summed E-state index contributed by atoms with van der Waals surface area (Å²) in [5.41, 5.74) is 4.21. The van der Waals surface area contributed by atoms with Gasteiger partial charge in [0.15, 0.2) is 0 Å². The zero-order valence-electron chi connectivity index (χ0n) is 12.3. The summed E-state index contributed by atoms with van der Waals surface area (Å²) in [6, 6.07) is 13.2. The minimum absolute atomic E-state index is 0.0762. The molecule has 3 rings (SSSR count). The van der Waals surface area contributed by atoms with Gasteiger partial charge in [-0.2, -0.15) is 0 Å². The molecule has 2 N–H and O–H groups in total. The molecular weight excluding hydrogens is 296 g/mol. The fraction of sp³-hybridized carbons (Fsp3) is 0.167. The number of aromatic nitrogens is 1. The molecule has 3 nitrogen and oxygen atoms in total. The maximum absolute atomic E-state index is 12.0. The third-order valence-corrected chi connectivity index (χ3v) is 3.96. The van der Waals surface area contributed by atoms with Crippen LogP contribution in [0.3, 0.4) is 0 Å². The largest absolute Gasteiger partial charge is 0.361 e. The molecule has 0 fully saturated rings. The van der Waals surface area contributed by atoms with Crippen LogP contribution in [0.25, 0.3) is 10.9 Å². The molecule has 112 valence electrons. The Kier molecular flexibility index (Phi) is 4.16. The van der Waals surface area contributed by atoms with E-state index in [0.717, 1.165) is 11.9 Å². The Bertz CT molecular complexity index is 806. The number of H-pyrrole nitrogens is 1. The molecule has 4 heteroatoms. The van der Waals surface area contributed by atoms with Crippen LogP contribution in [0.15, 0.2) is 48.7 Å². The van der Waals surface area contributed by atoms with Gasteiger partial charge in [0.1, 0.15) is 0 Å². The maximum atomic E-state index is 12.0. The molecule has 0 saturated carbocycles. The van der Waals surface area contributed by atoms with Crippen molar-refractivity contribution in [3.8, 4) is 0 Å². The monoisotopic (exact) mass is 312 g/mol. The minimum atomic E-state index is -0.0762. The smallest absolute Gasteiger partial charge is 0.251 e. The lowest BCUT2D eigenvalue weighted by Crippen LogP contribution is -2.25. The van der Waals surface area contributed by atoms with Gasteiger partial charge >= 0.3 is 0 Å². The van der Waals surface area contributed by atoms with E-state index in [-0.39, 0.29) is 5.91 Å². The number of rotatable bonds is 4. The summed E-state index contributed by atoms with van der Waals surface area (Å²) in [5, 5.41) is 4.79. The summed E-state index contributed by atoms with van der Waals surface area (Å²) in [5.74, 6) is -0.0762. The predicted molar refractivity (Wildman–Crippen MR) is 90.5 cm³/mol. The van der Waals surface area contributed by atoms with Crippen molar-refractivity contribution in [3.63, 3.8) is 0 Å². The van der Waals surface area contributed by atoms with Gasteiger partial charge in [0.2, 0.25) is 0 Å². The number of fused-ring (bicyclic) bond motifs is 1. The number of hydrogen-bond donors (Lipinski definition) is 2. The Morgan fingerprint density at radius 3 is 2.73 bits per heavy atom. The molecule has 0 aliphatic rings. The van der Waals surface area contributed by atoms with Crippen molar-refractivity contribution in [1.82, 2.24) is 10.3 Å². The second-order valence-electron chi connectivity index (χ2n) is 5.38. The second kappa shape index (κ2) is 6.24. The number of nitrogens with one attached hydrogen (secondary N) is 2. The van der Waals surface area contributed by atoms with Gasteiger partial charge in [-0.1, -0.05) is 23.2 Å². The number of amides is 1. The first kappa shape index (κ1) is 14.7. The highest BCUT2D eigenvalue weighted by Gasteiger charge is 2.07. The molecule has 0 radical (unpaired) electrons. The molecule has 22 heavy (non-hydrogen) atoms. The van der Waals surface area contributed by atoms with Crippen molar-refractivity contribution < 1.29 is 4.79 Å². The summed E-state index contributed by atoms with van der Waals surface area (Å²) in [7, 11) is 0. The number of aromatic amines is 1.